The highest BCUT2D eigenvalue weighted by Crippen LogP contribution is 2.66. The second kappa shape index (κ2) is 3.32. The molecule has 1 saturated carbocycles. The molecule has 0 bridgehead atoms. The minimum atomic E-state index is 0.217. The van der Waals surface area contributed by atoms with Crippen LogP contribution < -0.4 is 0 Å². The molecule has 0 aromatic carbocycles. The Morgan fingerprint density at radius 1 is 1.31 bits per heavy atom. The quantitative estimate of drug-likeness (QED) is 0.584. The maximum atomic E-state index is 3.85. The molecular weight excluding hydrogens is 380 g/mol. The Kier molecular flexibility index (Phi) is 2.72. The third-order valence-corrected chi connectivity index (χ3v) is 7.25. The molecule has 13 heavy (non-hydrogen) atoms. The minimum absolute atomic E-state index is 0.217. The van der Waals surface area contributed by atoms with Crippen molar-refractivity contribution >= 4 is 59.1 Å². The van der Waals surface area contributed by atoms with Crippen LogP contribution in [-0.2, 0) is 4.32 Å². The highest BCUT2D eigenvalue weighted by atomic mass is 79.9. The lowest BCUT2D eigenvalue weighted by atomic mass is 10.2. The van der Waals surface area contributed by atoms with Crippen LogP contribution in [0.2, 0.25) is 0 Å². The molecule has 0 spiro atoms. The van der Waals surface area contributed by atoms with Crippen molar-refractivity contribution in [2.75, 3.05) is 0 Å². The molecule has 1 heterocycles. The number of thiophene rings is 1. The smallest absolute Gasteiger partial charge is 0.0756 e. The zero-order chi connectivity index (χ0) is 9.80. The van der Waals surface area contributed by atoms with Crippen LogP contribution in [0.25, 0.3) is 0 Å². The lowest BCUT2D eigenvalue weighted by Crippen LogP contribution is -1.98. The predicted molar refractivity (Wildman–Crippen MR) is 68.7 cm³/mol. The highest BCUT2D eigenvalue weighted by molar-refractivity contribution is 9.12. The van der Waals surface area contributed by atoms with E-state index in [1.807, 2.05) is 0 Å². The molecule has 0 N–H and O–H groups in total. The average Bonchev–Trinajstić information content (AvgIpc) is 2.47. The molecule has 0 saturated heterocycles. The fourth-order valence-corrected chi connectivity index (χ4v) is 6.21. The monoisotopic (exact) mass is 386 g/mol. The number of alkyl halides is 1. The fraction of sp³-hybridized carbons (Fsp3) is 0.556. The predicted octanol–water partition coefficient (Wildman–Crippen LogP) is 5.15. The van der Waals surface area contributed by atoms with Gasteiger partial charge in [0.1, 0.15) is 0 Å². The van der Waals surface area contributed by atoms with Gasteiger partial charge in [-0.3, -0.25) is 0 Å². The molecule has 0 aliphatic heterocycles. The van der Waals surface area contributed by atoms with Crippen LogP contribution in [0, 0.1) is 11.8 Å². The van der Waals surface area contributed by atoms with Gasteiger partial charge in [0.15, 0.2) is 0 Å². The topological polar surface area (TPSA) is 0 Å². The Morgan fingerprint density at radius 2 is 1.85 bits per heavy atom. The van der Waals surface area contributed by atoms with Gasteiger partial charge in [-0.25, -0.2) is 0 Å². The zero-order valence-electron chi connectivity index (χ0n) is 7.27. The molecule has 1 fully saturated rings. The number of halogens is 3. The summed E-state index contributed by atoms with van der Waals surface area (Å²) in [6, 6.07) is 2.21. The molecule has 2 atom stereocenters. The standard InChI is InChI=1S/C9H9Br3S/c1-4-5(2)9(4,12)6-3-7(10)13-8(6)11/h3-5H,1-2H3/t4-,5-/m0/s1. The third kappa shape index (κ3) is 1.48. The van der Waals surface area contributed by atoms with Gasteiger partial charge < -0.3 is 0 Å². The zero-order valence-corrected chi connectivity index (χ0v) is 12.8. The summed E-state index contributed by atoms with van der Waals surface area (Å²) in [6.45, 7) is 4.58. The van der Waals surface area contributed by atoms with E-state index in [1.54, 1.807) is 11.3 Å². The summed E-state index contributed by atoms with van der Waals surface area (Å²) in [5, 5.41) is 0. The number of hydrogen-bond donors (Lipinski definition) is 0. The summed E-state index contributed by atoms with van der Waals surface area (Å²) in [5.41, 5.74) is 1.39. The number of rotatable bonds is 1. The highest BCUT2D eigenvalue weighted by Gasteiger charge is 2.59. The molecule has 0 unspecified atom stereocenters. The van der Waals surface area contributed by atoms with Gasteiger partial charge in [-0.05, 0) is 55.3 Å². The first-order valence-corrected chi connectivity index (χ1v) is 7.31. The molecule has 72 valence electrons. The van der Waals surface area contributed by atoms with E-state index in [4.69, 9.17) is 0 Å². The summed E-state index contributed by atoms with van der Waals surface area (Å²) in [4.78, 5) is 0. The normalized spacial score (nSPS) is 37.9. The van der Waals surface area contributed by atoms with Gasteiger partial charge in [0, 0.05) is 0 Å². The van der Waals surface area contributed by atoms with Crippen LogP contribution >= 0.6 is 59.1 Å². The van der Waals surface area contributed by atoms with Gasteiger partial charge in [0.25, 0.3) is 0 Å². The van der Waals surface area contributed by atoms with E-state index in [2.05, 4.69) is 67.7 Å². The third-order valence-electron chi connectivity index (χ3n) is 3.04. The van der Waals surface area contributed by atoms with Gasteiger partial charge >= 0.3 is 0 Å². The van der Waals surface area contributed by atoms with E-state index < -0.39 is 0 Å². The Morgan fingerprint density at radius 3 is 2.15 bits per heavy atom. The van der Waals surface area contributed by atoms with E-state index in [0.717, 1.165) is 11.8 Å². The molecule has 1 aromatic heterocycles. The Hall–Kier alpha value is 1.14. The Balaban J connectivity index is 2.42. The molecule has 0 amide bonds. The first-order valence-electron chi connectivity index (χ1n) is 4.12. The van der Waals surface area contributed by atoms with Crippen molar-refractivity contribution in [3.8, 4) is 0 Å². The van der Waals surface area contributed by atoms with Crippen molar-refractivity contribution < 1.29 is 0 Å². The van der Waals surface area contributed by atoms with Gasteiger partial charge in [-0.1, -0.05) is 29.8 Å². The molecule has 1 aliphatic rings. The lowest BCUT2D eigenvalue weighted by Gasteiger charge is -2.06. The van der Waals surface area contributed by atoms with Gasteiger partial charge in [0.2, 0.25) is 0 Å². The Labute approximate surface area is 107 Å². The van der Waals surface area contributed by atoms with Crippen LogP contribution in [0.1, 0.15) is 19.4 Å². The maximum absolute atomic E-state index is 3.85. The molecule has 0 radical (unpaired) electrons. The Bertz CT molecular complexity index is 337. The molecule has 1 aromatic rings. The lowest BCUT2D eigenvalue weighted by molar-refractivity contribution is 0.834. The van der Waals surface area contributed by atoms with Crippen LogP contribution in [0.4, 0.5) is 0 Å². The van der Waals surface area contributed by atoms with Crippen molar-refractivity contribution in [1.82, 2.24) is 0 Å². The molecule has 2 rings (SSSR count). The van der Waals surface area contributed by atoms with Crippen molar-refractivity contribution in [3.05, 3.63) is 19.2 Å². The van der Waals surface area contributed by atoms with Crippen LogP contribution in [0.5, 0.6) is 0 Å². The summed E-state index contributed by atoms with van der Waals surface area (Å²) in [5.74, 6) is 1.45. The summed E-state index contributed by atoms with van der Waals surface area (Å²) in [6.07, 6.45) is 0. The summed E-state index contributed by atoms with van der Waals surface area (Å²) >= 11 is 12.7. The SMILES string of the molecule is C[C@H]1[C@H](C)C1(Br)c1cc(Br)sc1Br. The van der Waals surface area contributed by atoms with E-state index in [0.29, 0.717) is 0 Å². The van der Waals surface area contributed by atoms with E-state index in [1.165, 1.54) is 13.1 Å². The van der Waals surface area contributed by atoms with E-state index >= 15 is 0 Å². The van der Waals surface area contributed by atoms with Crippen molar-refractivity contribution in [2.45, 2.75) is 18.2 Å². The van der Waals surface area contributed by atoms with Crippen molar-refractivity contribution in [1.29, 1.82) is 0 Å². The van der Waals surface area contributed by atoms with Crippen LogP contribution in [-0.4, -0.2) is 0 Å². The fourth-order valence-electron chi connectivity index (χ4n) is 1.82. The van der Waals surface area contributed by atoms with Gasteiger partial charge in [0.05, 0.1) is 11.9 Å². The van der Waals surface area contributed by atoms with Gasteiger partial charge in [-0.15, -0.1) is 11.3 Å². The summed E-state index contributed by atoms with van der Waals surface area (Å²) < 4.78 is 2.65. The average molecular weight is 389 g/mol. The summed E-state index contributed by atoms with van der Waals surface area (Å²) in [7, 11) is 0. The largest absolute Gasteiger partial charge is 0.121 e. The molecule has 4 heteroatoms. The van der Waals surface area contributed by atoms with E-state index in [9.17, 15) is 0 Å². The first-order chi connectivity index (χ1) is 5.98. The van der Waals surface area contributed by atoms with E-state index in [-0.39, 0.29) is 4.32 Å². The second-order valence-corrected chi connectivity index (χ2v) is 8.64. The van der Waals surface area contributed by atoms with Crippen molar-refractivity contribution in [3.63, 3.8) is 0 Å². The first kappa shape index (κ1) is 10.7. The maximum Gasteiger partial charge on any atom is 0.0756 e. The molecule has 0 nitrogen and oxygen atoms in total. The minimum Gasteiger partial charge on any atom is -0.121 e. The molecule has 1 aliphatic carbocycles. The van der Waals surface area contributed by atoms with Crippen molar-refractivity contribution in [2.24, 2.45) is 11.8 Å². The van der Waals surface area contributed by atoms with Crippen LogP contribution in [0.15, 0.2) is 13.6 Å². The second-order valence-electron chi connectivity index (χ2n) is 3.58. The van der Waals surface area contributed by atoms with Gasteiger partial charge in [-0.2, -0.15) is 0 Å². The van der Waals surface area contributed by atoms with Crippen LogP contribution in [0.3, 0.4) is 0 Å². The molecular formula is C9H9Br3S. The number of hydrogen-bond acceptors (Lipinski definition) is 1.